The van der Waals surface area contributed by atoms with Gasteiger partial charge in [-0.05, 0) is 89.9 Å². The second-order valence-corrected chi connectivity index (χ2v) is 14.4. The van der Waals surface area contributed by atoms with Crippen molar-refractivity contribution in [3.8, 4) is 0 Å². The molecule has 1 atom stereocenters. The molecule has 6 heteroatoms. The van der Waals surface area contributed by atoms with Gasteiger partial charge in [0, 0.05) is 19.3 Å². The summed E-state index contributed by atoms with van der Waals surface area (Å²) in [6.45, 7) is 6.10. The van der Waals surface area contributed by atoms with Crippen molar-refractivity contribution in [3.05, 3.63) is 146 Å². The number of carbonyl (C=O) groups excluding carboxylic acids is 3. The van der Waals surface area contributed by atoms with Crippen LogP contribution in [0.1, 0.15) is 156 Å². The zero-order valence-electron chi connectivity index (χ0n) is 37.6. The first-order chi connectivity index (χ1) is 29.5. The number of hydrogen-bond donors (Lipinski definition) is 0. The van der Waals surface area contributed by atoms with E-state index >= 15 is 0 Å². The average Bonchev–Trinajstić information content (AvgIpc) is 3.24. The Morgan fingerprint density at radius 2 is 0.683 bits per heavy atom. The zero-order valence-corrected chi connectivity index (χ0v) is 37.6. The fourth-order valence-electron chi connectivity index (χ4n) is 5.43. The van der Waals surface area contributed by atoms with Crippen molar-refractivity contribution in [1.82, 2.24) is 0 Å². The quantitative estimate of drug-likeness (QED) is 0.0203. The Balaban J connectivity index is 4.62. The Bertz CT molecular complexity index is 1410. The van der Waals surface area contributed by atoms with Gasteiger partial charge in [-0.25, -0.2) is 0 Å². The summed E-state index contributed by atoms with van der Waals surface area (Å²) in [5.41, 5.74) is 0. The number of unbranched alkanes of at least 4 members (excludes halogenated alkanes) is 10. The van der Waals surface area contributed by atoms with Gasteiger partial charge >= 0.3 is 17.9 Å². The Morgan fingerprint density at radius 3 is 1.13 bits per heavy atom. The van der Waals surface area contributed by atoms with Gasteiger partial charge in [-0.3, -0.25) is 14.4 Å². The smallest absolute Gasteiger partial charge is 0.306 e. The normalized spacial score (nSPS) is 13.4. The van der Waals surface area contributed by atoms with Gasteiger partial charge in [0.25, 0.3) is 0 Å². The van der Waals surface area contributed by atoms with Crippen molar-refractivity contribution in [2.24, 2.45) is 0 Å². The molecule has 0 heterocycles. The van der Waals surface area contributed by atoms with Gasteiger partial charge < -0.3 is 14.2 Å². The Morgan fingerprint density at radius 1 is 0.350 bits per heavy atom. The summed E-state index contributed by atoms with van der Waals surface area (Å²) in [6, 6.07) is 0. The van der Waals surface area contributed by atoms with Crippen LogP contribution in [0, 0.1) is 0 Å². The van der Waals surface area contributed by atoms with Gasteiger partial charge in [0.05, 0.1) is 0 Å². The molecule has 6 nitrogen and oxygen atoms in total. The summed E-state index contributed by atoms with van der Waals surface area (Å²) in [4.78, 5) is 37.8. The summed E-state index contributed by atoms with van der Waals surface area (Å²) in [5.74, 6) is -1.05. The van der Waals surface area contributed by atoms with E-state index in [-0.39, 0.29) is 44.0 Å². The Hall–Kier alpha value is -4.71. The molecule has 0 amide bonds. The third-order valence-electron chi connectivity index (χ3n) is 8.79. The molecule has 1 unspecified atom stereocenters. The summed E-state index contributed by atoms with van der Waals surface area (Å²) >= 11 is 0. The fourth-order valence-corrected chi connectivity index (χ4v) is 5.43. The van der Waals surface area contributed by atoms with Crippen molar-refractivity contribution < 1.29 is 28.6 Å². The van der Waals surface area contributed by atoms with Gasteiger partial charge in [0.2, 0.25) is 0 Å². The highest BCUT2D eigenvalue weighted by Crippen LogP contribution is 2.11. The van der Waals surface area contributed by atoms with Crippen LogP contribution in [0.5, 0.6) is 0 Å². The van der Waals surface area contributed by atoms with Crippen LogP contribution in [0.2, 0.25) is 0 Å². The molecule has 0 rings (SSSR count). The maximum absolute atomic E-state index is 12.7. The van der Waals surface area contributed by atoms with E-state index in [0.717, 1.165) is 109 Å². The maximum Gasteiger partial charge on any atom is 0.306 e. The van der Waals surface area contributed by atoms with E-state index in [1.807, 2.05) is 85.1 Å². The molecular weight excluding hydrogens is 745 g/mol. The van der Waals surface area contributed by atoms with Crippen LogP contribution in [0.25, 0.3) is 0 Å². The Kier molecular flexibility index (Phi) is 43.3. The van der Waals surface area contributed by atoms with Crippen molar-refractivity contribution in [2.75, 3.05) is 13.2 Å². The predicted octanol–water partition coefficient (Wildman–Crippen LogP) is 14.9. The molecule has 0 aliphatic heterocycles. The summed E-state index contributed by atoms with van der Waals surface area (Å²) in [7, 11) is 0. The van der Waals surface area contributed by atoms with E-state index < -0.39 is 6.10 Å². The van der Waals surface area contributed by atoms with Crippen LogP contribution >= 0.6 is 0 Å². The van der Waals surface area contributed by atoms with E-state index in [2.05, 4.69) is 81.5 Å². The van der Waals surface area contributed by atoms with E-state index in [0.29, 0.717) is 12.8 Å². The molecule has 332 valence electrons. The zero-order chi connectivity index (χ0) is 43.7. The second kappa shape index (κ2) is 47.0. The number of carbonyl (C=O) groups is 3. The molecule has 0 aromatic carbocycles. The third kappa shape index (κ3) is 44.4. The lowest BCUT2D eigenvalue weighted by Gasteiger charge is -2.18. The fraction of sp³-hybridized carbons (Fsp3) is 0.500. The molecular formula is C54H80O6. The van der Waals surface area contributed by atoms with Crippen LogP contribution in [-0.4, -0.2) is 37.2 Å². The van der Waals surface area contributed by atoms with Crippen LogP contribution in [0.4, 0.5) is 0 Å². The van der Waals surface area contributed by atoms with Gasteiger partial charge in [-0.1, -0.05) is 192 Å². The average molecular weight is 825 g/mol. The number of rotatable bonds is 38. The van der Waals surface area contributed by atoms with Crippen molar-refractivity contribution >= 4 is 17.9 Å². The maximum atomic E-state index is 12.7. The lowest BCUT2D eigenvalue weighted by atomic mass is 10.1. The molecule has 60 heavy (non-hydrogen) atoms. The van der Waals surface area contributed by atoms with E-state index in [1.54, 1.807) is 0 Å². The number of esters is 3. The van der Waals surface area contributed by atoms with Crippen molar-refractivity contribution in [2.45, 2.75) is 162 Å². The first-order valence-corrected chi connectivity index (χ1v) is 23.0. The summed E-state index contributed by atoms with van der Waals surface area (Å²) in [5, 5.41) is 0. The first-order valence-electron chi connectivity index (χ1n) is 23.0. The predicted molar refractivity (Wildman–Crippen MR) is 255 cm³/mol. The number of ether oxygens (including phenoxy) is 3. The number of allylic oxidation sites excluding steroid dienone is 24. The first kappa shape index (κ1) is 55.3. The van der Waals surface area contributed by atoms with Gasteiger partial charge in [-0.2, -0.15) is 0 Å². The Labute approximate surface area is 366 Å². The number of hydrogen-bond acceptors (Lipinski definition) is 6. The minimum absolute atomic E-state index is 0.129. The molecule has 0 aliphatic rings. The molecule has 0 saturated carbocycles. The monoisotopic (exact) mass is 825 g/mol. The molecule has 0 spiro atoms. The summed E-state index contributed by atoms with van der Waals surface area (Å²) in [6.07, 6.45) is 66.8. The lowest BCUT2D eigenvalue weighted by Crippen LogP contribution is -2.30. The van der Waals surface area contributed by atoms with Gasteiger partial charge in [-0.15, -0.1) is 0 Å². The summed E-state index contributed by atoms with van der Waals surface area (Å²) < 4.78 is 16.6. The molecule has 0 N–H and O–H groups in total. The van der Waals surface area contributed by atoms with Gasteiger partial charge in [0.15, 0.2) is 6.10 Å². The molecule has 0 aromatic heterocycles. The second-order valence-electron chi connectivity index (χ2n) is 14.4. The van der Waals surface area contributed by atoms with Crippen molar-refractivity contribution in [1.29, 1.82) is 0 Å². The topological polar surface area (TPSA) is 78.9 Å². The van der Waals surface area contributed by atoms with E-state index in [4.69, 9.17) is 14.2 Å². The lowest BCUT2D eigenvalue weighted by molar-refractivity contribution is -0.167. The van der Waals surface area contributed by atoms with Gasteiger partial charge in [0.1, 0.15) is 13.2 Å². The molecule has 0 aromatic rings. The largest absolute Gasteiger partial charge is 0.462 e. The minimum atomic E-state index is -0.829. The molecule has 0 radical (unpaired) electrons. The highest BCUT2D eigenvalue weighted by atomic mass is 16.6. The van der Waals surface area contributed by atoms with Crippen molar-refractivity contribution in [3.63, 3.8) is 0 Å². The molecule has 0 saturated heterocycles. The van der Waals surface area contributed by atoms with Crippen LogP contribution in [0.15, 0.2) is 146 Å². The third-order valence-corrected chi connectivity index (χ3v) is 8.79. The highest BCUT2D eigenvalue weighted by molar-refractivity contribution is 5.71. The van der Waals surface area contributed by atoms with E-state index in [1.165, 1.54) is 0 Å². The van der Waals surface area contributed by atoms with Crippen LogP contribution < -0.4 is 0 Å². The molecule has 0 aliphatic carbocycles. The standard InChI is InChI=1S/C54H80O6/c1-4-7-10-13-16-19-22-25-27-30-32-35-38-41-44-47-53(56)59-50-51(49-58-52(55)46-43-40-37-34-31-28-24-21-18-15-12-9-6-3)60-54(57)48-45-42-39-36-33-29-26-23-20-17-14-11-8-5-2/h7-13,15-22,24-32,51H,4-6,14,23,33-50H2,1-3H3/b10-7+,11-8+,12-9+,16-13+,18-15+,20-17+,22-19+,24-21+,27-25+,29-26+,31-28+,32-30+. The van der Waals surface area contributed by atoms with Crippen LogP contribution in [-0.2, 0) is 28.6 Å². The SMILES string of the molecule is CC/C=C/C=C/C=C/C=C/C=C/CCCCCC(=O)OCC(COC(=O)CCCCC/C=C/C=C/C=C/C=C/CC)OC(=O)CCCCCC/C=C/C/C=C/C/C=C/CC. The van der Waals surface area contributed by atoms with E-state index in [9.17, 15) is 14.4 Å². The highest BCUT2D eigenvalue weighted by Gasteiger charge is 2.19. The molecule has 0 bridgehead atoms. The minimum Gasteiger partial charge on any atom is -0.462 e. The van der Waals surface area contributed by atoms with Crippen LogP contribution in [0.3, 0.4) is 0 Å². The molecule has 0 fully saturated rings.